The molecule has 0 N–H and O–H groups in total. The standard InChI is InChI=1S/C3H3F2NO/c4-2-1-6(5)3(2)7/h2H,1H2. The van der Waals surface area contributed by atoms with Crippen LogP contribution in [0.15, 0.2) is 0 Å². The highest BCUT2D eigenvalue weighted by Crippen LogP contribution is 2.12. The molecule has 1 fully saturated rings. The van der Waals surface area contributed by atoms with Gasteiger partial charge in [-0.3, -0.25) is 4.79 Å². The number of hydrogen-bond donors (Lipinski definition) is 0. The molecule has 0 aliphatic carbocycles. The lowest BCUT2D eigenvalue weighted by Crippen LogP contribution is -2.49. The smallest absolute Gasteiger partial charge is 0.269 e. The maximum absolute atomic E-state index is 11.5. The van der Waals surface area contributed by atoms with E-state index in [4.69, 9.17) is 0 Å². The molecule has 1 amide bonds. The number of carbonyl (C=O) groups is 1. The van der Waals surface area contributed by atoms with Gasteiger partial charge in [0.1, 0.15) is 0 Å². The Labute approximate surface area is 38.7 Å². The van der Waals surface area contributed by atoms with Crippen LogP contribution >= 0.6 is 0 Å². The van der Waals surface area contributed by atoms with E-state index in [1.165, 1.54) is 0 Å². The predicted molar refractivity (Wildman–Crippen MR) is 17.7 cm³/mol. The first-order chi connectivity index (χ1) is 3.22. The van der Waals surface area contributed by atoms with Crippen LogP contribution in [-0.2, 0) is 4.79 Å². The van der Waals surface area contributed by atoms with E-state index in [2.05, 4.69) is 0 Å². The fourth-order valence-electron chi connectivity index (χ4n) is 0.348. The number of rotatable bonds is 0. The number of alkyl halides is 1. The van der Waals surface area contributed by atoms with Crippen molar-refractivity contribution in [3.63, 3.8) is 0 Å². The van der Waals surface area contributed by atoms with Crippen molar-refractivity contribution in [3.05, 3.63) is 0 Å². The van der Waals surface area contributed by atoms with E-state index in [1.807, 2.05) is 0 Å². The van der Waals surface area contributed by atoms with Crippen molar-refractivity contribution in [2.75, 3.05) is 6.54 Å². The lowest BCUT2D eigenvalue weighted by Gasteiger charge is -2.23. The number of amides is 1. The Morgan fingerprint density at radius 3 is 2.43 bits per heavy atom. The number of carbonyl (C=O) groups excluding carboxylic acids is 1. The van der Waals surface area contributed by atoms with Gasteiger partial charge in [-0.2, -0.15) is 5.12 Å². The second kappa shape index (κ2) is 1.15. The number of β-lactam (4-membered cyclic amide) rings is 1. The highest BCUT2D eigenvalue weighted by molar-refractivity contribution is 5.85. The zero-order valence-corrected chi connectivity index (χ0v) is 3.40. The molecule has 1 unspecified atom stereocenters. The summed E-state index contributed by atoms with van der Waals surface area (Å²) in [5.41, 5.74) is 0. The summed E-state index contributed by atoms with van der Waals surface area (Å²) in [4.78, 5) is 9.74. The van der Waals surface area contributed by atoms with Crippen molar-refractivity contribution in [2.24, 2.45) is 0 Å². The molecule has 1 saturated heterocycles. The van der Waals surface area contributed by atoms with Gasteiger partial charge >= 0.3 is 0 Å². The Bertz CT molecular complexity index is 95.1. The molecular formula is C3H3F2NO. The average molecular weight is 107 g/mol. The molecule has 0 bridgehead atoms. The quantitative estimate of drug-likeness (QED) is 0.316. The van der Waals surface area contributed by atoms with Gasteiger partial charge in [0.2, 0.25) is 6.17 Å². The van der Waals surface area contributed by atoms with Crippen molar-refractivity contribution in [2.45, 2.75) is 6.17 Å². The van der Waals surface area contributed by atoms with E-state index in [1.54, 1.807) is 0 Å². The van der Waals surface area contributed by atoms with Crippen molar-refractivity contribution in [1.82, 2.24) is 5.12 Å². The maximum Gasteiger partial charge on any atom is 0.286 e. The van der Waals surface area contributed by atoms with Crippen LogP contribution in [0.25, 0.3) is 0 Å². The normalized spacial score (nSPS) is 30.3. The summed E-state index contributed by atoms with van der Waals surface area (Å²) >= 11 is 0. The van der Waals surface area contributed by atoms with Gasteiger partial charge in [-0.15, -0.1) is 0 Å². The van der Waals surface area contributed by atoms with Crippen molar-refractivity contribution in [3.8, 4) is 0 Å². The van der Waals surface area contributed by atoms with E-state index >= 15 is 0 Å². The monoisotopic (exact) mass is 107 g/mol. The SMILES string of the molecule is O=C1C(F)CN1F. The van der Waals surface area contributed by atoms with Gasteiger partial charge in [-0.25, -0.2) is 4.39 Å². The summed E-state index contributed by atoms with van der Waals surface area (Å²) in [6.45, 7) is -0.390. The van der Waals surface area contributed by atoms with Crippen LogP contribution in [0.1, 0.15) is 0 Å². The van der Waals surface area contributed by atoms with Crippen LogP contribution in [0, 0.1) is 0 Å². The molecule has 7 heavy (non-hydrogen) atoms. The molecule has 1 aliphatic heterocycles. The van der Waals surface area contributed by atoms with Crippen LogP contribution in [0.2, 0.25) is 0 Å². The van der Waals surface area contributed by atoms with Crippen LogP contribution in [-0.4, -0.2) is 23.7 Å². The molecule has 40 valence electrons. The molecule has 0 radical (unpaired) electrons. The van der Waals surface area contributed by atoms with Gasteiger partial charge in [0, 0.05) is 0 Å². The van der Waals surface area contributed by atoms with Gasteiger partial charge in [-0.05, 0) is 0 Å². The molecule has 0 spiro atoms. The lowest BCUT2D eigenvalue weighted by atomic mass is 10.2. The van der Waals surface area contributed by atoms with Crippen LogP contribution in [0.3, 0.4) is 0 Å². The average Bonchev–Trinajstić information content (AvgIpc) is 1.68. The number of hydrogen-bond acceptors (Lipinski definition) is 1. The molecule has 4 heteroatoms. The minimum Gasteiger partial charge on any atom is -0.269 e. The van der Waals surface area contributed by atoms with E-state index in [0.717, 1.165) is 0 Å². The summed E-state index contributed by atoms with van der Waals surface area (Å²) in [5, 5.41) is -0.148. The van der Waals surface area contributed by atoms with Gasteiger partial charge in [0.15, 0.2) is 0 Å². The number of halogens is 2. The molecule has 2 nitrogen and oxygen atoms in total. The molecular weight excluding hydrogens is 104 g/mol. The van der Waals surface area contributed by atoms with E-state index < -0.39 is 18.6 Å². The van der Waals surface area contributed by atoms with Gasteiger partial charge in [0.05, 0.1) is 6.54 Å². The molecule has 1 aliphatic rings. The minimum atomic E-state index is -1.58. The first-order valence-corrected chi connectivity index (χ1v) is 1.83. The van der Waals surface area contributed by atoms with E-state index in [-0.39, 0.29) is 5.12 Å². The van der Waals surface area contributed by atoms with E-state index in [9.17, 15) is 13.7 Å². The zero-order valence-electron chi connectivity index (χ0n) is 3.40. The third-order valence-corrected chi connectivity index (χ3v) is 0.828. The van der Waals surface area contributed by atoms with Crippen molar-refractivity contribution >= 4 is 5.91 Å². The molecule has 1 rings (SSSR count). The third kappa shape index (κ3) is 0.460. The van der Waals surface area contributed by atoms with Crippen LogP contribution in [0.4, 0.5) is 8.87 Å². The van der Waals surface area contributed by atoms with E-state index in [0.29, 0.717) is 0 Å². The Morgan fingerprint density at radius 1 is 1.86 bits per heavy atom. The highest BCUT2D eigenvalue weighted by Gasteiger charge is 2.37. The summed E-state index contributed by atoms with van der Waals surface area (Å²) < 4.78 is 22.9. The van der Waals surface area contributed by atoms with Gasteiger partial charge < -0.3 is 0 Å². The fraction of sp³-hybridized carbons (Fsp3) is 0.667. The maximum atomic E-state index is 11.5. The Balaban J connectivity index is 2.44. The second-order valence-electron chi connectivity index (χ2n) is 1.35. The minimum absolute atomic E-state index is 0.148. The lowest BCUT2D eigenvalue weighted by molar-refractivity contribution is -0.173. The van der Waals surface area contributed by atoms with Crippen molar-refractivity contribution in [1.29, 1.82) is 0 Å². The summed E-state index contributed by atoms with van der Waals surface area (Å²) in [5.74, 6) is -1.06. The molecule has 0 aromatic heterocycles. The first-order valence-electron chi connectivity index (χ1n) is 1.83. The highest BCUT2D eigenvalue weighted by atomic mass is 19.2. The molecule has 0 aromatic carbocycles. The van der Waals surface area contributed by atoms with Gasteiger partial charge in [-0.1, -0.05) is 4.48 Å². The number of nitrogens with zero attached hydrogens (tertiary/aromatic N) is 1. The zero-order chi connectivity index (χ0) is 5.44. The van der Waals surface area contributed by atoms with Crippen molar-refractivity contribution < 1.29 is 13.7 Å². The van der Waals surface area contributed by atoms with Crippen LogP contribution < -0.4 is 0 Å². The predicted octanol–water partition coefficient (Wildman–Crippen LogP) is 0.0512. The second-order valence-corrected chi connectivity index (χ2v) is 1.35. The molecule has 1 heterocycles. The van der Waals surface area contributed by atoms with Crippen LogP contribution in [0.5, 0.6) is 0 Å². The summed E-state index contributed by atoms with van der Waals surface area (Å²) in [6.07, 6.45) is -1.58. The Kier molecular flexibility index (Phi) is 0.736. The molecule has 0 aromatic rings. The largest absolute Gasteiger partial charge is 0.286 e. The first kappa shape index (κ1) is 4.49. The third-order valence-electron chi connectivity index (χ3n) is 0.828. The topological polar surface area (TPSA) is 20.3 Å². The Morgan fingerprint density at radius 2 is 2.43 bits per heavy atom. The molecule has 1 atom stereocenters. The molecule has 0 saturated carbocycles. The summed E-state index contributed by atoms with van der Waals surface area (Å²) in [6, 6.07) is 0. The van der Waals surface area contributed by atoms with Gasteiger partial charge in [0.25, 0.3) is 5.91 Å². The Hall–Kier alpha value is -0.670. The fourth-order valence-corrected chi connectivity index (χ4v) is 0.348. The summed E-state index contributed by atoms with van der Waals surface area (Å²) in [7, 11) is 0.